The molecule has 3 rings (SSSR count). The number of anilines is 1. The maximum Gasteiger partial charge on any atom is 0.338 e. The van der Waals surface area contributed by atoms with Crippen LogP contribution in [0.15, 0.2) is 71.7 Å². The van der Waals surface area contributed by atoms with Crippen molar-refractivity contribution in [3.05, 3.63) is 83.4 Å². The lowest BCUT2D eigenvalue weighted by Crippen LogP contribution is -2.08. The van der Waals surface area contributed by atoms with Gasteiger partial charge in [0.1, 0.15) is 0 Å². The first kappa shape index (κ1) is 18.4. The second-order valence-corrected chi connectivity index (χ2v) is 6.03. The van der Waals surface area contributed by atoms with Crippen molar-refractivity contribution in [1.82, 2.24) is 0 Å². The minimum atomic E-state index is -0.368. The predicted octanol–water partition coefficient (Wildman–Crippen LogP) is 4.73. The van der Waals surface area contributed by atoms with Gasteiger partial charge in [0.25, 0.3) is 0 Å². The van der Waals surface area contributed by atoms with E-state index in [1.54, 1.807) is 32.2 Å². The lowest BCUT2D eigenvalue weighted by molar-refractivity contribution is 0.0526. The van der Waals surface area contributed by atoms with Crippen LogP contribution in [0.1, 0.15) is 28.4 Å². The molecule has 0 saturated carbocycles. The van der Waals surface area contributed by atoms with Crippen LogP contribution in [-0.2, 0) is 4.74 Å². The maximum absolute atomic E-state index is 12.0. The Labute approximate surface area is 159 Å². The summed E-state index contributed by atoms with van der Waals surface area (Å²) in [5.41, 5.74) is 9.65. The first-order valence-electron chi connectivity index (χ1n) is 8.83. The van der Waals surface area contributed by atoms with Gasteiger partial charge in [0.05, 0.1) is 17.9 Å². The summed E-state index contributed by atoms with van der Waals surface area (Å²) in [6.07, 6.45) is 3.93. The Morgan fingerprint density at radius 3 is 2.67 bits per heavy atom. The van der Waals surface area contributed by atoms with E-state index in [2.05, 4.69) is 29.3 Å². The molecule has 136 valence electrons. The van der Waals surface area contributed by atoms with Gasteiger partial charge in [0, 0.05) is 18.3 Å². The third-order valence-corrected chi connectivity index (χ3v) is 4.33. The normalized spacial score (nSPS) is 11.9. The number of nitrogens with zero attached hydrogens (tertiary/aromatic N) is 1. The van der Waals surface area contributed by atoms with Gasteiger partial charge < -0.3 is 10.5 Å². The number of hydrogen-bond acceptors (Lipinski definition) is 4. The third kappa shape index (κ3) is 4.06. The molecule has 4 heteroatoms. The van der Waals surface area contributed by atoms with Crippen LogP contribution in [0.4, 0.5) is 5.69 Å². The molecule has 0 amide bonds. The largest absolute Gasteiger partial charge is 0.462 e. The molecule has 0 aliphatic rings. The Hall–Kier alpha value is -3.40. The van der Waals surface area contributed by atoms with Crippen molar-refractivity contribution < 1.29 is 9.53 Å². The van der Waals surface area contributed by atoms with E-state index in [4.69, 9.17) is 10.5 Å². The molecule has 0 heterocycles. The number of allylic oxidation sites excluding steroid dienone is 1. The van der Waals surface area contributed by atoms with Gasteiger partial charge in [0.2, 0.25) is 0 Å². The fraction of sp³-hybridized carbons (Fsp3) is 0.130. The lowest BCUT2D eigenvalue weighted by atomic mass is 10.0. The number of ether oxygens (including phenoxy) is 1. The first-order chi connectivity index (χ1) is 13.1. The van der Waals surface area contributed by atoms with Crippen molar-refractivity contribution in [2.45, 2.75) is 6.92 Å². The number of benzene rings is 3. The second-order valence-electron chi connectivity index (χ2n) is 6.03. The van der Waals surface area contributed by atoms with Crippen LogP contribution < -0.4 is 5.73 Å². The average molecular weight is 358 g/mol. The van der Waals surface area contributed by atoms with Gasteiger partial charge in [0.15, 0.2) is 0 Å². The monoisotopic (exact) mass is 358 g/mol. The topological polar surface area (TPSA) is 64.7 Å². The standard InChI is InChI=1S/C23H22N2O2/c1-3-27-23(26)18-11-13-21(24)20(15-18)22(25-2)14-12-17-9-6-8-16-7-4-5-10-19(16)17/h4-15H,3,24H2,1-2H3/b14-12+,25-22?. The molecule has 3 aromatic carbocycles. The molecule has 0 bridgehead atoms. The minimum absolute atomic E-state index is 0.328. The summed E-state index contributed by atoms with van der Waals surface area (Å²) < 4.78 is 5.08. The van der Waals surface area contributed by atoms with Crippen molar-refractivity contribution in [3.63, 3.8) is 0 Å². The van der Waals surface area contributed by atoms with E-state index in [0.717, 1.165) is 5.56 Å². The summed E-state index contributed by atoms with van der Waals surface area (Å²) in [5, 5.41) is 2.35. The van der Waals surface area contributed by atoms with Crippen LogP contribution in [0, 0.1) is 0 Å². The van der Waals surface area contributed by atoms with Gasteiger partial charge in [-0.15, -0.1) is 0 Å². The zero-order chi connectivity index (χ0) is 19.2. The number of nitrogen functional groups attached to an aromatic ring is 1. The van der Waals surface area contributed by atoms with Crippen molar-refractivity contribution in [3.8, 4) is 0 Å². The number of aliphatic imine (C=N–C) groups is 1. The summed E-state index contributed by atoms with van der Waals surface area (Å²) in [7, 11) is 1.71. The highest BCUT2D eigenvalue weighted by Gasteiger charge is 2.11. The van der Waals surface area contributed by atoms with Gasteiger partial charge in [-0.2, -0.15) is 0 Å². The molecule has 4 nitrogen and oxygen atoms in total. The van der Waals surface area contributed by atoms with Crippen LogP contribution in [0.25, 0.3) is 16.8 Å². The average Bonchev–Trinajstić information content (AvgIpc) is 2.70. The van der Waals surface area contributed by atoms with E-state index >= 15 is 0 Å². The van der Waals surface area contributed by atoms with Gasteiger partial charge in [-0.3, -0.25) is 4.99 Å². The molecule has 2 N–H and O–H groups in total. The Kier molecular flexibility index (Phi) is 5.67. The van der Waals surface area contributed by atoms with Gasteiger partial charge in [-0.25, -0.2) is 4.79 Å². The third-order valence-electron chi connectivity index (χ3n) is 4.33. The highest BCUT2D eigenvalue weighted by Crippen LogP contribution is 2.21. The second kappa shape index (κ2) is 8.32. The molecule has 0 fully saturated rings. The molecule has 0 aliphatic heterocycles. The predicted molar refractivity (Wildman–Crippen MR) is 112 cm³/mol. The summed E-state index contributed by atoms with van der Waals surface area (Å²) in [6.45, 7) is 2.11. The zero-order valence-electron chi connectivity index (χ0n) is 15.5. The van der Waals surface area contributed by atoms with E-state index < -0.39 is 0 Å². The number of fused-ring (bicyclic) bond motifs is 1. The van der Waals surface area contributed by atoms with Crippen molar-refractivity contribution >= 4 is 34.2 Å². The van der Waals surface area contributed by atoms with E-state index in [9.17, 15) is 4.79 Å². The molecular weight excluding hydrogens is 336 g/mol. The highest BCUT2D eigenvalue weighted by atomic mass is 16.5. The van der Waals surface area contributed by atoms with Crippen LogP contribution >= 0.6 is 0 Å². The zero-order valence-corrected chi connectivity index (χ0v) is 15.5. The number of rotatable bonds is 5. The number of hydrogen-bond donors (Lipinski definition) is 1. The fourth-order valence-corrected chi connectivity index (χ4v) is 2.97. The van der Waals surface area contributed by atoms with Gasteiger partial charge >= 0.3 is 5.97 Å². The SMILES string of the molecule is CCOC(=O)c1ccc(N)c(C(/C=C/c2cccc3ccccc23)=NC)c1. The van der Waals surface area contributed by atoms with Crippen molar-refractivity contribution in [2.75, 3.05) is 19.4 Å². The van der Waals surface area contributed by atoms with E-state index in [-0.39, 0.29) is 5.97 Å². The number of carbonyl (C=O) groups excluding carboxylic acids is 1. The number of esters is 1. The number of nitrogens with two attached hydrogens (primary N) is 1. The smallest absolute Gasteiger partial charge is 0.338 e. The lowest BCUT2D eigenvalue weighted by Gasteiger charge is -2.09. The summed E-state index contributed by atoms with van der Waals surface area (Å²) >= 11 is 0. The van der Waals surface area contributed by atoms with E-state index in [1.165, 1.54) is 10.8 Å². The van der Waals surface area contributed by atoms with E-state index in [1.807, 2.05) is 30.4 Å². The molecule has 3 aromatic rings. The van der Waals surface area contributed by atoms with Crippen LogP contribution in [0.5, 0.6) is 0 Å². The molecular formula is C23H22N2O2. The van der Waals surface area contributed by atoms with Crippen LogP contribution in [0.2, 0.25) is 0 Å². The Balaban J connectivity index is 1.97. The van der Waals surface area contributed by atoms with E-state index in [0.29, 0.717) is 29.1 Å². The van der Waals surface area contributed by atoms with Gasteiger partial charge in [-0.05, 0) is 47.5 Å². The molecule has 0 aromatic heterocycles. The minimum Gasteiger partial charge on any atom is -0.462 e. The molecule has 0 unspecified atom stereocenters. The highest BCUT2D eigenvalue weighted by molar-refractivity contribution is 6.15. The molecule has 0 radical (unpaired) electrons. The fourth-order valence-electron chi connectivity index (χ4n) is 2.97. The summed E-state index contributed by atoms with van der Waals surface area (Å²) in [4.78, 5) is 16.4. The number of carbonyl (C=O) groups is 1. The molecule has 0 aliphatic carbocycles. The first-order valence-corrected chi connectivity index (χ1v) is 8.83. The Morgan fingerprint density at radius 2 is 1.89 bits per heavy atom. The summed E-state index contributed by atoms with van der Waals surface area (Å²) in [5.74, 6) is -0.368. The Bertz CT molecular complexity index is 1030. The van der Waals surface area contributed by atoms with Crippen LogP contribution in [0.3, 0.4) is 0 Å². The quantitative estimate of drug-likeness (QED) is 0.407. The molecule has 0 saturated heterocycles. The molecule has 0 spiro atoms. The maximum atomic E-state index is 12.0. The van der Waals surface area contributed by atoms with Gasteiger partial charge in [-0.1, -0.05) is 48.5 Å². The van der Waals surface area contributed by atoms with Crippen molar-refractivity contribution in [2.24, 2.45) is 4.99 Å². The van der Waals surface area contributed by atoms with Crippen molar-refractivity contribution in [1.29, 1.82) is 0 Å². The molecule has 0 atom stereocenters. The van der Waals surface area contributed by atoms with Crippen LogP contribution in [-0.4, -0.2) is 25.3 Å². The molecule has 27 heavy (non-hydrogen) atoms. The Morgan fingerprint density at radius 1 is 1.11 bits per heavy atom. The summed E-state index contributed by atoms with van der Waals surface area (Å²) in [6, 6.07) is 19.5.